The maximum atomic E-state index is 12.4. The number of hydrogen-bond acceptors (Lipinski definition) is 4. The van der Waals surface area contributed by atoms with Crippen LogP contribution in [0.2, 0.25) is 0 Å². The molecule has 0 bridgehead atoms. The van der Waals surface area contributed by atoms with E-state index in [0.717, 1.165) is 16.5 Å². The fraction of sp³-hybridized carbons (Fsp3) is 0.474. The fourth-order valence-electron chi connectivity index (χ4n) is 2.47. The van der Waals surface area contributed by atoms with Gasteiger partial charge in [-0.25, -0.2) is 4.79 Å². The molecule has 0 radical (unpaired) electrons. The van der Waals surface area contributed by atoms with Crippen LogP contribution in [0, 0.1) is 0 Å². The molecule has 0 atom stereocenters. The summed E-state index contributed by atoms with van der Waals surface area (Å²) in [6, 6.07) is 7.60. The standard InChI is InChI=1S/C19H25NO4/c1-13(2)23-17(21)11-10-14-12-20(18(22)24-19(3,4)5)16-9-7-6-8-15(14)16/h6-9,12-13H,10-11H2,1-5H3. The van der Waals surface area contributed by atoms with Crippen LogP contribution in [-0.2, 0) is 20.7 Å². The molecule has 5 nitrogen and oxygen atoms in total. The smallest absolute Gasteiger partial charge is 0.419 e. The van der Waals surface area contributed by atoms with Crippen LogP contribution in [-0.4, -0.2) is 28.3 Å². The number of carbonyl (C=O) groups excluding carboxylic acids is 2. The first kappa shape index (κ1) is 18.0. The first-order valence-corrected chi connectivity index (χ1v) is 8.19. The highest BCUT2D eigenvalue weighted by molar-refractivity contribution is 5.92. The third kappa shape index (κ3) is 4.60. The van der Waals surface area contributed by atoms with Crippen LogP contribution in [0.15, 0.2) is 30.5 Å². The lowest BCUT2D eigenvalue weighted by Crippen LogP contribution is -2.26. The van der Waals surface area contributed by atoms with Crippen molar-refractivity contribution in [3.8, 4) is 0 Å². The molecule has 0 aliphatic heterocycles. The molecular weight excluding hydrogens is 306 g/mol. The van der Waals surface area contributed by atoms with Gasteiger partial charge in [-0.1, -0.05) is 18.2 Å². The van der Waals surface area contributed by atoms with Gasteiger partial charge in [-0.05, 0) is 52.7 Å². The second-order valence-corrected chi connectivity index (χ2v) is 7.06. The Labute approximate surface area is 142 Å². The van der Waals surface area contributed by atoms with Crippen molar-refractivity contribution in [2.45, 2.75) is 59.2 Å². The zero-order valence-electron chi connectivity index (χ0n) is 15.0. The van der Waals surface area contributed by atoms with E-state index in [1.54, 1.807) is 6.20 Å². The Kier molecular flexibility index (Phi) is 5.32. The predicted molar refractivity (Wildman–Crippen MR) is 93.1 cm³/mol. The minimum Gasteiger partial charge on any atom is -0.463 e. The lowest BCUT2D eigenvalue weighted by Gasteiger charge is -2.19. The molecule has 24 heavy (non-hydrogen) atoms. The predicted octanol–water partition coefficient (Wildman–Crippen LogP) is 4.31. The number of aromatic nitrogens is 1. The normalized spacial score (nSPS) is 11.8. The maximum Gasteiger partial charge on any atom is 0.419 e. The summed E-state index contributed by atoms with van der Waals surface area (Å²) >= 11 is 0. The van der Waals surface area contributed by atoms with E-state index in [4.69, 9.17) is 9.47 Å². The SMILES string of the molecule is CC(C)OC(=O)CCc1cn(C(=O)OC(C)(C)C)c2ccccc12. The van der Waals surface area contributed by atoms with Crippen molar-refractivity contribution >= 4 is 23.0 Å². The van der Waals surface area contributed by atoms with Gasteiger partial charge in [-0.3, -0.25) is 9.36 Å². The highest BCUT2D eigenvalue weighted by Gasteiger charge is 2.21. The van der Waals surface area contributed by atoms with Gasteiger partial charge in [0.1, 0.15) is 5.60 Å². The summed E-state index contributed by atoms with van der Waals surface area (Å²) in [4.78, 5) is 24.2. The molecule has 0 fully saturated rings. The zero-order chi connectivity index (χ0) is 17.9. The molecule has 0 aliphatic rings. The molecule has 1 aromatic heterocycles. The van der Waals surface area contributed by atoms with Gasteiger partial charge >= 0.3 is 12.1 Å². The summed E-state index contributed by atoms with van der Waals surface area (Å²) < 4.78 is 12.1. The van der Waals surface area contributed by atoms with Crippen LogP contribution in [0.4, 0.5) is 4.79 Å². The molecule has 130 valence electrons. The third-order valence-electron chi connectivity index (χ3n) is 3.35. The molecular formula is C19H25NO4. The Bertz CT molecular complexity index is 737. The Morgan fingerprint density at radius 1 is 1.17 bits per heavy atom. The number of para-hydroxylation sites is 1. The average Bonchev–Trinajstić information content (AvgIpc) is 2.82. The van der Waals surface area contributed by atoms with Gasteiger partial charge in [-0.2, -0.15) is 0 Å². The minimum absolute atomic E-state index is 0.124. The Morgan fingerprint density at radius 2 is 1.83 bits per heavy atom. The van der Waals surface area contributed by atoms with E-state index in [2.05, 4.69) is 0 Å². The number of hydrogen-bond donors (Lipinski definition) is 0. The Morgan fingerprint density at radius 3 is 2.46 bits per heavy atom. The van der Waals surface area contributed by atoms with E-state index in [1.807, 2.05) is 58.9 Å². The summed E-state index contributed by atoms with van der Waals surface area (Å²) in [7, 11) is 0. The number of carbonyl (C=O) groups is 2. The number of aryl methyl sites for hydroxylation is 1. The summed E-state index contributed by atoms with van der Waals surface area (Å²) in [6.45, 7) is 9.15. The van der Waals surface area contributed by atoms with Crippen molar-refractivity contribution in [3.63, 3.8) is 0 Å². The molecule has 0 amide bonds. The van der Waals surface area contributed by atoms with Crippen LogP contribution < -0.4 is 0 Å². The lowest BCUT2D eigenvalue weighted by atomic mass is 10.1. The van der Waals surface area contributed by atoms with Gasteiger partial charge in [0, 0.05) is 18.0 Å². The lowest BCUT2D eigenvalue weighted by molar-refractivity contribution is -0.147. The van der Waals surface area contributed by atoms with Gasteiger partial charge < -0.3 is 9.47 Å². The number of rotatable bonds is 4. The third-order valence-corrected chi connectivity index (χ3v) is 3.35. The molecule has 2 aromatic rings. The van der Waals surface area contributed by atoms with Gasteiger partial charge in [0.05, 0.1) is 11.6 Å². The monoisotopic (exact) mass is 331 g/mol. The van der Waals surface area contributed by atoms with Crippen LogP contribution in [0.3, 0.4) is 0 Å². The Hall–Kier alpha value is -2.30. The van der Waals surface area contributed by atoms with Gasteiger partial charge in [-0.15, -0.1) is 0 Å². The molecule has 0 unspecified atom stereocenters. The number of nitrogens with zero attached hydrogens (tertiary/aromatic N) is 1. The number of ether oxygens (including phenoxy) is 2. The minimum atomic E-state index is -0.566. The maximum absolute atomic E-state index is 12.4. The molecule has 1 heterocycles. The summed E-state index contributed by atoms with van der Waals surface area (Å²) in [6.07, 6.45) is 2.00. The number of esters is 1. The van der Waals surface area contributed by atoms with Crippen molar-refractivity contribution < 1.29 is 19.1 Å². The molecule has 0 saturated carbocycles. The van der Waals surface area contributed by atoms with E-state index < -0.39 is 11.7 Å². The van der Waals surface area contributed by atoms with Gasteiger partial charge in [0.2, 0.25) is 0 Å². The van der Waals surface area contributed by atoms with Crippen LogP contribution in [0.25, 0.3) is 10.9 Å². The van der Waals surface area contributed by atoms with Crippen molar-refractivity contribution in [3.05, 3.63) is 36.0 Å². The fourth-order valence-corrected chi connectivity index (χ4v) is 2.47. The largest absolute Gasteiger partial charge is 0.463 e. The van der Waals surface area contributed by atoms with Crippen LogP contribution >= 0.6 is 0 Å². The Balaban J connectivity index is 2.25. The van der Waals surface area contributed by atoms with E-state index in [0.29, 0.717) is 6.42 Å². The first-order chi connectivity index (χ1) is 11.2. The van der Waals surface area contributed by atoms with Crippen LogP contribution in [0.1, 0.15) is 46.6 Å². The van der Waals surface area contributed by atoms with Gasteiger partial charge in [0.15, 0.2) is 0 Å². The highest BCUT2D eigenvalue weighted by Crippen LogP contribution is 2.24. The van der Waals surface area contributed by atoms with E-state index in [1.165, 1.54) is 4.57 Å². The van der Waals surface area contributed by atoms with Gasteiger partial charge in [0.25, 0.3) is 0 Å². The van der Waals surface area contributed by atoms with Crippen molar-refractivity contribution in [1.82, 2.24) is 4.57 Å². The van der Waals surface area contributed by atoms with Crippen molar-refractivity contribution in [1.29, 1.82) is 0 Å². The van der Waals surface area contributed by atoms with Crippen LogP contribution in [0.5, 0.6) is 0 Å². The van der Waals surface area contributed by atoms with Crippen molar-refractivity contribution in [2.75, 3.05) is 0 Å². The van der Waals surface area contributed by atoms with E-state index >= 15 is 0 Å². The molecule has 2 rings (SSSR count). The first-order valence-electron chi connectivity index (χ1n) is 8.19. The average molecular weight is 331 g/mol. The second kappa shape index (κ2) is 7.07. The van der Waals surface area contributed by atoms with E-state index in [9.17, 15) is 9.59 Å². The number of fused-ring (bicyclic) bond motifs is 1. The van der Waals surface area contributed by atoms with Crippen molar-refractivity contribution in [2.24, 2.45) is 0 Å². The molecule has 0 saturated heterocycles. The molecule has 0 aliphatic carbocycles. The molecule has 0 N–H and O–H groups in total. The summed E-state index contributed by atoms with van der Waals surface area (Å²) in [5.41, 5.74) is 1.14. The van der Waals surface area contributed by atoms with E-state index in [-0.39, 0.29) is 18.5 Å². The molecule has 5 heteroatoms. The number of benzene rings is 1. The quantitative estimate of drug-likeness (QED) is 0.783. The zero-order valence-corrected chi connectivity index (χ0v) is 15.0. The highest BCUT2D eigenvalue weighted by atomic mass is 16.6. The summed E-state index contributed by atoms with van der Waals surface area (Å²) in [5.74, 6) is -0.237. The second-order valence-electron chi connectivity index (χ2n) is 7.06. The molecule has 1 aromatic carbocycles. The summed E-state index contributed by atoms with van der Waals surface area (Å²) in [5, 5.41) is 0.945. The topological polar surface area (TPSA) is 57.5 Å². The molecule has 0 spiro atoms.